The summed E-state index contributed by atoms with van der Waals surface area (Å²) >= 11 is 3.59. The number of benzene rings is 1. The number of hydrogen-bond acceptors (Lipinski definition) is 4. The van der Waals surface area contributed by atoms with E-state index in [1.54, 1.807) is 37.3 Å². The molecule has 0 spiro atoms. The van der Waals surface area contributed by atoms with Gasteiger partial charge in [0.2, 0.25) is 0 Å². The van der Waals surface area contributed by atoms with Crippen molar-refractivity contribution in [1.82, 2.24) is 0 Å². The summed E-state index contributed by atoms with van der Waals surface area (Å²) in [6.45, 7) is 3.10. The smallest absolute Gasteiger partial charge is 0.377 e. The molecule has 2 rings (SSSR count). The van der Waals surface area contributed by atoms with Gasteiger partial charge in [-0.2, -0.15) is 8.78 Å². The first-order valence-corrected chi connectivity index (χ1v) is 10.5. The molecule has 0 N–H and O–H groups in total. The Labute approximate surface area is 173 Å². The number of carbonyl (C=O) groups excluding carboxylic acids is 2. The minimum Gasteiger partial charge on any atom is -0.462 e. The Kier molecular flexibility index (Phi) is 7.98. The third kappa shape index (κ3) is 5.75. The standard InChI is InChI=1S/C21H27BrF2O4/c1-3-27-19(26)21(23,24)14-17(20(2,22)16-12-8-5-9-13-16)28-18(25)15-10-6-4-7-11-15/h4,6-7,10-11,16-17H,3,5,8-9,12-14H2,1-2H3. The number of esters is 2. The van der Waals surface area contributed by atoms with Crippen molar-refractivity contribution in [2.24, 2.45) is 5.92 Å². The van der Waals surface area contributed by atoms with E-state index < -0.39 is 34.7 Å². The average molecular weight is 461 g/mol. The molecule has 0 amide bonds. The predicted octanol–water partition coefficient (Wildman–Crippen LogP) is 5.53. The minimum atomic E-state index is -3.75. The molecule has 1 saturated carbocycles. The summed E-state index contributed by atoms with van der Waals surface area (Å²) in [6, 6.07) is 8.23. The molecule has 0 heterocycles. The molecular weight excluding hydrogens is 434 g/mol. The van der Waals surface area contributed by atoms with Crippen LogP contribution in [0.3, 0.4) is 0 Å². The van der Waals surface area contributed by atoms with Crippen molar-refractivity contribution in [1.29, 1.82) is 0 Å². The first kappa shape index (κ1) is 22.8. The van der Waals surface area contributed by atoms with Crippen LogP contribution in [0.1, 0.15) is 62.7 Å². The van der Waals surface area contributed by atoms with E-state index in [1.807, 2.05) is 0 Å². The van der Waals surface area contributed by atoms with E-state index in [2.05, 4.69) is 20.7 Å². The number of carbonyl (C=O) groups is 2. The van der Waals surface area contributed by atoms with Gasteiger partial charge in [-0.05, 0) is 44.7 Å². The Balaban J connectivity index is 2.26. The number of halogens is 3. The van der Waals surface area contributed by atoms with Gasteiger partial charge in [0.25, 0.3) is 0 Å². The largest absolute Gasteiger partial charge is 0.462 e. The molecule has 0 aliphatic heterocycles. The summed E-state index contributed by atoms with van der Waals surface area (Å²) < 4.78 is 38.2. The van der Waals surface area contributed by atoms with Gasteiger partial charge in [-0.1, -0.05) is 53.4 Å². The molecule has 4 nitrogen and oxygen atoms in total. The summed E-state index contributed by atoms with van der Waals surface area (Å²) in [5.74, 6) is -5.97. The number of ether oxygens (including phenoxy) is 2. The molecular formula is C21H27BrF2O4. The normalized spacial score (nSPS) is 18.8. The third-order valence-corrected chi connectivity index (χ3v) is 6.47. The van der Waals surface area contributed by atoms with Gasteiger partial charge in [-0.15, -0.1) is 0 Å². The average Bonchev–Trinajstić information content (AvgIpc) is 2.68. The Bertz CT molecular complexity index is 658. The fourth-order valence-electron chi connectivity index (χ4n) is 3.61. The molecule has 1 aliphatic carbocycles. The highest BCUT2D eigenvalue weighted by atomic mass is 79.9. The van der Waals surface area contributed by atoms with E-state index in [9.17, 15) is 18.4 Å². The van der Waals surface area contributed by atoms with Crippen LogP contribution in [0.15, 0.2) is 30.3 Å². The van der Waals surface area contributed by atoms with Crippen LogP contribution in [0.2, 0.25) is 0 Å². The fourth-order valence-corrected chi connectivity index (χ4v) is 4.32. The van der Waals surface area contributed by atoms with Crippen molar-refractivity contribution < 1.29 is 27.8 Å². The van der Waals surface area contributed by atoms with Gasteiger partial charge in [0.1, 0.15) is 6.10 Å². The van der Waals surface area contributed by atoms with Crippen LogP contribution in [-0.4, -0.2) is 34.9 Å². The van der Waals surface area contributed by atoms with Crippen molar-refractivity contribution >= 4 is 27.9 Å². The first-order chi connectivity index (χ1) is 13.2. The van der Waals surface area contributed by atoms with Gasteiger partial charge in [0.15, 0.2) is 0 Å². The van der Waals surface area contributed by atoms with E-state index in [4.69, 9.17) is 4.74 Å². The summed E-state index contributed by atoms with van der Waals surface area (Å²) in [6.07, 6.45) is 2.69. The Hall–Kier alpha value is -1.50. The Morgan fingerprint density at radius 2 is 1.79 bits per heavy atom. The lowest BCUT2D eigenvalue weighted by Gasteiger charge is -2.41. The molecule has 1 aliphatic rings. The summed E-state index contributed by atoms with van der Waals surface area (Å²) in [5.41, 5.74) is 0.277. The van der Waals surface area contributed by atoms with Crippen LogP contribution >= 0.6 is 15.9 Å². The van der Waals surface area contributed by atoms with Crippen molar-refractivity contribution in [2.45, 2.75) is 68.7 Å². The summed E-state index contributed by atoms with van der Waals surface area (Å²) in [4.78, 5) is 24.3. The van der Waals surface area contributed by atoms with E-state index in [0.717, 1.165) is 32.1 Å². The van der Waals surface area contributed by atoms with Crippen LogP contribution < -0.4 is 0 Å². The summed E-state index contributed by atoms with van der Waals surface area (Å²) in [7, 11) is 0. The van der Waals surface area contributed by atoms with Crippen molar-refractivity contribution in [3.63, 3.8) is 0 Å². The molecule has 2 atom stereocenters. The van der Waals surface area contributed by atoms with Crippen LogP contribution in [0.4, 0.5) is 8.78 Å². The second-order valence-corrected chi connectivity index (χ2v) is 9.08. The third-order valence-electron chi connectivity index (χ3n) is 5.31. The maximum atomic E-state index is 14.5. The fraction of sp³-hybridized carbons (Fsp3) is 0.619. The Morgan fingerprint density at radius 1 is 1.18 bits per heavy atom. The number of rotatable bonds is 8. The van der Waals surface area contributed by atoms with E-state index in [0.29, 0.717) is 0 Å². The quantitative estimate of drug-likeness (QED) is 0.377. The molecule has 1 fully saturated rings. The Morgan fingerprint density at radius 3 is 2.36 bits per heavy atom. The maximum absolute atomic E-state index is 14.5. The molecule has 7 heteroatoms. The van der Waals surface area contributed by atoms with E-state index >= 15 is 0 Å². The molecule has 0 saturated heterocycles. The second-order valence-electron chi connectivity index (χ2n) is 7.38. The van der Waals surface area contributed by atoms with Gasteiger partial charge in [0.05, 0.1) is 22.9 Å². The zero-order valence-electron chi connectivity index (χ0n) is 16.3. The highest BCUT2D eigenvalue weighted by Gasteiger charge is 2.51. The number of alkyl halides is 3. The molecule has 0 radical (unpaired) electrons. The van der Waals surface area contributed by atoms with Crippen LogP contribution in [0, 0.1) is 5.92 Å². The molecule has 0 aromatic heterocycles. The second kappa shape index (κ2) is 9.81. The van der Waals surface area contributed by atoms with Gasteiger partial charge < -0.3 is 9.47 Å². The van der Waals surface area contributed by atoms with Crippen molar-refractivity contribution in [2.75, 3.05) is 6.61 Å². The highest BCUT2D eigenvalue weighted by Crippen LogP contribution is 2.44. The molecule has 2 unspecified atom stereocenters. The molecule has 28 heavy (non-hydrogen) atoms. The zero-order chi connectivity index (χ0) is 20.8. The lowest BCUT2D eigenvalue weighted by Crippen LogP contribution is -2.48. The van der Waals surface area contributed by atoms with Gasteiger partial charge >= 0.3 is 17.9 Å². The minimum absolute atomic E-state index is 0.0628. The van der Waals surface area contributed by atoms with Crippen molar-refractivity contribution in [3.05, 3.63) is 35.9 Å². The topological polar surface area (TPSA) is 52.6 Å². The monoisotopic (exact) mass is 460 g/mol. The van der Waals surface area contributed by atoms with Crippen LogP contribution in [0.25, 0.3) is 0 Å². The van der Waals surface area contributed by atoms with E-state index in [1.165, 1.54) is 6.92 Å². The SMILES string of the molecule is CCOC(=O)C(F)(F)CC(OC(=O)c1ccccc1)C(C)(Br)C1CCCCC1. The van der Waals surface area contributed by atoms with Crippen molar-refractivity contribution in [3.8, 4) is 0 Å². The van der Waals surface area contributed by atoms with Crippen LogP contribution in [-0.2, 0) is 14.3 Å². The maximum Gasteiger partial charge on any atom is 0.377 e. The molecule has 1 aromatic rings. The highest BCUT2D eigenvalue weighted by molar-refractivity contribution is 9.10. The van der Waals surface area contributed by atoms with Gasteiger partial charge in [0, 0.05) is 0 Å². The lowest BCUT2D eigenvalue weighted by molar-refractivity contribution is -0.176. The molecule has 1 aromatic carbocycles. The number of hydrogen-bond donors (Lipinski definition) is 0. The molecule has 0 bridgehead atoms. The summed E-state index contributed by atoms with van der Waals surface area (Å²) in [5, 5.41) is 0. The zero-order valence-corrected chi connectivity index (χ0v) is 17.8. The van der Waals surface area contributed by atoms with Gasteiger partial charge in [-0.25, -0.2) is 9.59 Å². The lowest BCUT2D eigenvalue weighted by atomic mass is 9.77. The van der Waals surface area contributed by atoms with Crippen LogP contribution in [0.5, 0.6) is 0 Å². The first-order valence-electron chi connectivity index (χ1n) is 9.68. The van der Waals surface area contributed by atoms with Gasteiger partial charge in [-0.3, -0.25) is 0 Å². The van der Waals surface area contributed by atoms with E-state index in [-0.39, 0.29) is 18.1 Å². The molecule has 156 valence electrons. The predicted molar refractivity (Wildman–Crippen MR) is 106 cm³/mol.